The molecule has 0 aliphatic carbocycles. The Morgan fingerprint density at radius 2 is 1.33 bits per heavy atom. The summed E-state index contributed by atoms with van der Waals surface area (Å²) in [7, 11) is 0. The lowest BCUT2D eigenvalue weighted by molar-refractivity contribution is 0.0496. The van der Waals surface area contributed by atoms with E-state index in [4.69, 9.17) is 74.7 Å². The molecule has 3 N–H and O–H groups in total. The number of alkyl halides is 6. The molecule has 1 heterocycles. The second kappa shape index (κ2) is 4.69. The van der Waals surface area contributed by atoms with E-state index in [1.807, 2.05) is 0 Å². The quantitative estimate of drug-likeness (QED) is 0.530. The largest absolute Gasteiger partial charge is 0.395 e. The third-order valence-corrected chi connectivity index (χ3v) is 3.19. The maximum absolute atomic E-state index is 8.82. The molecule has 1 saturated heterocycles. The zero-order chi connectivity index (χ0) is 11.9. The van der Waals surface area contributed by atoms with Crippen molar-refractivity contribution in [1.82, 2.24) is 15.5 Å². The van der Waals surface area contributed by atoms with Gasteiger partial charge in [0.1, 0.15) is 0 Å². The standard InChI is InChI=1S/C5H7Cl6N3O/c6-3(7)12-4(8,9)14(1-2-15)5(10,11)13-3/h12-13,15H,1-2H2. The fourth-order valence-corrected chi connectivity index (χ4v) is 3.62. The van der Waals surface area contributed by atoms with E-state index in [-0.39, 0.29) is 13.2 Å². The second-order valence-corrected chi connectivity index (χ2v) is 6.68. The summed E-state index contributed by atoms with van der Waals surface area (Å²) in [6, 6.07) is 0. The van der Waals surface area contributed by atoms with Crippen LogP contribution in [0.4, 0.5) is 0 Å². The first-order valence-corrected chi connectivity index (χ1v) is 5.98. The average Bonchev–Trinajstić information content (AvgIpc) is 1.92. The van der Waals surface area contributed by atoms with Gasteiger partial charge in [-0.05, 0) is 0 Å². The molecule has 4 nitrogen and oxygen atoms in total. The van der Waals surface area contributed by atoms with Gasteiger partial charge in [0.25, 0.3) is 0 Å². The number of nitrogens with one attached hydrogen (secondary N) is 2. The molecule has 0 radical (unpaired) electrons. The molecule has 0 amide bonds. The van der Waals surface area contributed by atoms with Crippen LogP contribution in [0.5, 0.6) is 0 Å². The van der Waals surface area contributed by atoms with Crippen LogP contribution >= 0.6 is 69.6 Å². The molecule has 0 bridgehead atoms. The summed E-state index contributed by atoms with van der Waals surface area (Å²) in [6.07, 6.45) is 0. The summed E-state index contributed by atoms with van der Waals surface area (Å²) in [5.41, 5.74) is 0. The molecule has 1 aliphatic heterocycles. The molecule has 1 rings (SSSR count). The number of aliphatic hydroxyl groups is 1. The Hall–Kier alpha value is 1.58. The Morgan fingerprint density at radius 1 is 0.933 bits per heavy atom. The predicted octanol–water partition coefficient (Wildman–Crippen LogP) is 1.74. The van der Waals surface area contributed by atoms with E-state index >= 15 is 0 Å². The van der Waals surface area contributed by atoms with Crippen LogP contribution in [-0.2, 0) is 0 Å². The van der Waals surface area contributed by atoms with Crippen molar-refractivity contribution >= 4 is 69.6 Å². The Bertz CT molecular complexity index is 227. The number of hydrogen-bond donors (Lipinski definition) is 3. The highest BCUT2D eigenvalue weighted by Crippen LogP contribution is 2.42. The SMILES string of the molecule is OCCN1C(Cl)(Cl)NC(Cl)(Cl)NC1(Cl)Cl. The molecule has 1 fully saturated rings. The number of halogens is 6. The lowest BCUT2D eigenvalue weighted by Crippen LogP contribution is -2.76. The summed E-state index contributed by atoms with van der Waals surface area (Å²) in [4.78, 5) is 1.13. The van der Waals surface area contributed by atoms with Crippen LogP contribution in [0.25, 0.3) is 0 Å². The molecular formula is C5H7Cl6N3O. The first-order valence-electron chi connectivity index (χ1n) is 3.71. The summed E-state index contributed by atoms with van der Waals surface area (Å²) < 4.78 is -5.10. The number of β-amino-alcohol motifs (C(OH)–C–C–N with tert-alkyl or cyclic N) is 1. The van der Waals surface area contributed by atoms with Gasteiger partial charge in [-0.15, -0.1) is 0 Å². The highest BCUT2D eigenvalue weighted by molar-refractivity contribution is 6.55. The maximum Gasteiger partial charge on any atom is 0.233 e. The van der Waals surface area contributed by atoms with Gasteiger partial charge in [-0.25, -0.2) is 15.5 Å². The zero-order valence-electron chi connectivity index (χ0n) is 7.08. The van der Waals surface area contributed by atoms with Gasteiger partial charge in [0.2, 0.25) is 13.7 Å². The van der Waals surface area contributed by atoms with Crippen molar-refractivity contribution in [2.45, 2.75) is 13.7 Å². The summed E-state index contributed by atoms with van der Waals surface area (Å²) in [6.45, 7) is -0.229. The minimum Gasteiger partial charge on any atom is -0.395 e. The molecular weight excluding hydrogens is 331 g/mol. The topological polar surface area (TPSA) is 47.5 Å². The van der Waals surface area contributed by atoms with Gasteiger partial charge in [0.05, 0.1) is 6.61 Å². The van der Waals surface area contributed by atoms with Crippen LogP contribution in [-0.4, -0.2) is 36.9 Å². The maximum atomic E-state index is 8.82. The van der Waals surface area contributed by atoms with Crippen molar-refractivity contribution in [3.05, 3.63) is 0 Å². The van der Waals surface area contributed by atoms with E-state index in [2.05, 4.69) is 10.6 Å². The lowest BCUT2D eigenvalue weighted by atomic mass is 10.5. The van der Waals surface area contributed by atoms with Gasteiger partial charge in [0, 0.05) is 6.54 Å². The first kappa shape index (κ1) is 14.6. The predicted molar refractivity (Wildman–Crippen MR) is 63.4 cm³/mol. The minimum atomic E-state index is -1.71. The average molecular weight is 338 g/mol. The van der Waals surface area contributed by atoms with Gasteiger partial charge < -0.3 is 5.11 Å². The van der Waals surface area contributed by atoms with Crippen molar-refractivity contribution < 1.29 is 5.11 Å². The Morgan fingerprint density at radius 3 is 1.67 bits per heavy atom. The smallest absolute Gasteiger partial charge is 0.233 e. The Kier molecular flexibility index (Phi) is 4.58. The van der Waals surface area contributed by atoms with Gasteiger partial charge in [0.15, 0.2) is 0 Å². The molecule has 90 valence electrons. The van der Waals surface area contributed by atoms with Crippen LogP contribution in [0.3, 0.4) is 0 Å². The highest BCUT2D eigenvalue weighted by Gasteiger charge is 2.56. The first-order chi connectivity index (χ1) is 6.61. The molecule has 0 aromatic carbocycles. The zero-order valence-corrected chi connectivity index (χ0v) is 11.6. The lowest BCUT2D eigenvalue weighted by Gasteiger charge is -2.50. The van der Waals surface area contributed by atoms with Crippen LogP contribution < -0.4 is 10.6 Å². The number of aliphatic hydroxyl groups excluding tert-OH is 1. The van der Waals surface area contributed by atoms with Crippen molar-refractivity contribution in [2.24, 2.45) is 0 Å². The van der Waals surface area contributed by atoms with Crippen molar-refractivity contribution in [3.8, 4) is 0 Å². The third kappa shape index (κ3) is 3.52. The summed E-state index contributed by atoms with van der Waals surface area (Å²) in [5, 5.41) is 13.7. The Labute approximate surface area is 117 Å². The van der Waals surface area contributed by atoms with Crippen LogP contribution in [0.15, 0.2) is 0 Å². The van der Waals surface area contributed by atoms with Gasteiger partial charge in [-0.2, -0.15) is 0 Å². The van der Waals surface area contributed by atoms with Crippen LogP contribution in [0.1, 0.15) is 0 Å². The van der Waals surface area contributed by atoms with Crippen molar-refractivity contribution in [2.75, 3.05) is 13.2 Å². The molecule has 0 aromatic rings. The van der Waals surface area contributed by atoms with Gasteiger partial charge >= 0.3 is 0 Å². The van der Waals surface area contributed by atoms with Gasteiger partial charge in [-0.1, -0.05) is 69.6 Å². The fraction of sp³-hybridized carbons (Fsp3) is 1.00. The monoisotopic (exact) mass is 335 g/mol. The Balaban J connectivity index is 2.95. The molecule has 0 unspecified atom stereocenters. The van der Waals surface area contributed by atoms with Crippen molar-refractivity contribution in [3.63, 3.8) is 0 Å². The molecule has 0 saturated carbocycles. The van der Waals surface area contributed by atoms with E-state index in [0.29, 0.717) is 0 Å². The molecule has 10 heteroatoms. The molecule has 1 aliphatic rings. The number of nitrogens with zero attached hydrogens (tertiary/aromatic N) is 1. The van der Waals surface area contributed by atoms with E-state index in [1.165, 1.54) is 0 Å². The molecule has 0 spiro atoms. The highest BCUT2D eigenvalue weighted by atomic mass is 35.5. The number of hydrogen-bond acceptors (Lipinski definition) is 4. The van der Waals surface area contributed by atoms with Crippen LogP contribution in [0.2, 0.25) is 0 Å². The van der Waals surface area contributed by atoms with E-state index < -0.39 is 13.7 Å². The second-order valence-electron chi connectivity index (χ2n) is 2.78. The van der Waals surface area contributed by atoms with E-state index in [1.54, 1.807) is 0 Å². The summed E-state index contributed by atoms with van der Waals surface area (Å²) >= 11 is 35.0. The minimum absolute atomic E-state index is 0.0177. The van der Waals surface area contributed by atoms with Crippen LogP contribution in [0, 0.1) is 0 Å². The van der Waals surface area contributed by atoms with E-state index in [0.717, 1.165) is 4.90 Å². The fourth-order valence-electron chi connectivity index (χ4n) is 1.10. The normalized spacial score (nSPS) is 29.0. The molecule has 15 heavy (non-hydrogen) atoms. The van der Waals surface area contributed by atoms with Crippen molar-refractivity contribution in [1.29, 1.82) is 0 Å². The van der Waals surface area contributed by atoms with E-state index in [9.17, 15) is 0 Å². The van der Waals surface area contributed by atoms with Gasteiger partial charge in [-0.3, -0.25) is 0 Å². The third-order valence-electron chi connectivity index (χ3n) is 1.62. The molecule has 0 atom stereocenters. The summed E-state index contributed by atoms with van der Waals surface area (Å²) in [5.74, 6) is 0. The number of rotatable bonds is 2. The molecule has 0 aromatic heterocycles.